The Kier molecular flexibility index (Phi) is 8.57. The van der Waals surface area contributed by atoms with E-state index in [1.54, 1.807) is 0 Å². The van der Waals surface area contributed by atoms with Crippen LogP contribution in [-0.4, -0.2) is 6.15 Å². The first-order valence-electron chi connectivity index (χ1n) is 14.4. The van der Waals surface area contributed by atoms with Crippen LogP contribution in [0.3, 0.4) is 0 Å². The number of aryl methyl sites for hydroxylation is 3. The Balaban J connectivity index is 0.000000184. The number of nitrogens with zero attached hydrogens (tertiary/aromatic N) is 1. The molecule has 5 aromatic carbocycles. The molecule has 0 aliphatic carbocycles. The molecule has 6 rings (SSSR count). The van der Waals surface area contributed by atoms with Crippen LogP contribution < -0.4 is 26.4 Å². The Morgan fingerprint density at radius 3 is 1.30 bits per heavy atom. The Morgan fingerprint density at radius 2 is 0.900 bits per heavy atom. The molecule has 0 spiro atoms. The summed E-state index contributed by atoms with van der Waals surface area (Å²) in [6, 6.07) is 54.6. The molecule has 0 amide bonds. The third-order valence-corrected chi connectivity index (χ3v) is 8.05. The van der Waals surface area contributed by atoms with Crippen molar-refractivity contribution in [1.29, 1.82) is 0 Å². The van der Waals surface area contributed by atoms with Crippen molar-refractivity contribution >= 4 is 38.9 Å². The molecule has 0 aliphatic rings. The zero-order chi connectivity index (χ0) is 27.8. The predicted molar refractivity (Wildman–Crippen MR) is 174 cm³/mol. The van der Waals surface area contributed by atoms with Crippen molar-refractivity contribution in [3.05, 3.63) is 163 Å². The van der Waals surface area contributed by atoms with Crippen molar-refractivity contribution in [2.24, 2.45) is 0 Å². The second-order valence-corrected chi connectivity index (χ2v) is 10.7. The number of aromatic nitrogens is 1. The van der Waals surface area contributed by atoms with Crippen molar-refractivity contribution in [2.45, 2.75) is 33.7 Å². The van der Waals surface area contributed by atoms with Gasteiger partial charge in [0.1, 0.15) is 12.7 Å². The number of benzene rings is 5. The molecule has 0 aliphatic heterocycles. The maximum Gasteiger partial charge on any atom is 0.212 e. The highest BCUT2D eigenvalue weighted by Crippen LogP contribution is 2.13. The van der Waals surface area contributed by atoms with E-state index in [4.69, 9.17) is 0 Å². The lowest BCUT2D eigenvalue weighted by Crippen LogP contribution is -2.74. The van der Waals surface area contributed by atoms with Crippen LogP contribution in [0.1, 0.15) is 24.6 Å². The highest BCUT2D eigenvalue weighted by molar-refractivity contribution is 7.19. The molecule has 0 atom stereocenters. The third kappa shape index (κ3) is 5.49. The van der Waals surface area contributed by atoms with Crippen molar-refractivity contribution < 1.29 is 4.57 Å². The molecule has 198 valence electrons. The van der Waals surface area contributed by atoms with Gasteiger partial charge in [-0.2, -0.15) is 26.4 Å². The van der Waals surface area contributed by atoms with Crippen LogP contribution in [0.2, 0.25) is 0 Å². The quantitative estimate of drug-likeness (QED) is 0.182. The minimum atomic E-state index is -1.22. The van der Waals surface area contributed by atoms with E-state index >= 15 is 0 Å². The average Bonchev–Trinajstić information content (AvgIpc) is 3.02. The van der Waals surface area contributed by atoms with Gasteiger partial charge >= 0.3 is 0 Å². The lowest BCUT2D eigenvalue weighted by atomic mass is 9.13. The summed E-state index contributed by atoms with van der Waals surface area (Å²) in [5.74, 6) is 0. The lowest BCUT2D eigenvalue weighted by Gasteiger charge is -2.44. The summed E-state index contributed by atoms with van der Waals surface area (Å²) in [7, 11) is 0. The molecule has 0 bridgehead atoms. The topological polar surface area (TPSA) is 3.88 Å². The number of rotatable bonds is 6. The average molecular weight is 520 g/mol. The first-order chi connectivity index (χ1) is 19.6. The molecule has 6 aromatic rings. The van der Waals surface area contributed by atoms with E-state index < -0.39 is 6.15 Å². The summed E-state index contributed by atoms with van der Waals surface area (Å²) in [6.45, 7) is 7.66. The summed E-state index contributed by atoms with van der Waals surface area (Å²) in [6.07, 6.45) is -0.0364. The van der Waals surface area contributed by atoms with Gasteiger partial charge in [0, 0.05) is 30.9 Å². The second kappa shape index (κ2) is 12.6. The Morgan fingerprint density at radius 1 is 0.500 bits per heavy atom. The molecule has 40 heavy (non-hydrogen) atoms. The summed E-state index contributed by atoms with van der Waals surface area (Å²) < 4.78 is 2.41. The first-order valence-corrected chi connectivity index (χ1v) is 14.4. The molecule has 1 aromatic heterocycles. The third-order valence-electron chi connectivity index (χ3n) is 8.05. The zero-order valence-corrected chi connectivity index (χ0v) is 23.9. The molecule has 0 saturated heterocycles. The van der Waals surface area contributed by atoms with Crippen molar-refractivity contribution in [3.63, 3.8) is 0 Å². The minimum absolute atomic E-state index is 1.10. The maximum atomic E-state index is 2.41. The van der Waals surface area contributed by atoms with Gasteiger partial charge in [-0.15, -0.1) is 0 Å². The molecular formula is C38H38BN. The van der Waals surface area contributed by atoms with E-state index in [1.165, 1.54) is 50.4 Å². The van der Waals surface area contributed by atoms with Crippen molar-refractivity contribution in [3.8, 4) is 0 Å². The van der Waals surface area contributed by atoms with Gasteiger partial charge in [0.05, 0.1) is 0 Å². The Bertz CT molecular complexity index is 1480. The molecule has 1 heterocycles. The van der Waals surface area contributed by atoms with Gasteiger partial charge in [-0.3, -0.25) is 0 Å². The van der Waals surface area contributed by atoms with E-state index in [1.807, 2.05) is 0 Å². The van der Waals surface area contributed by atoms with E-state index in [9.17, 15) is 0 Å². The monoisotopic (exact) mass is 519 g/mol. The van der Waals surface area contributed by atoms with Crippen LogP contribution in [-0.2, 0) is 6.54 Å². The number of hydrogen-bond acceptors (Lipinski definition) is 0. The highest BCUT2D eigenvalue weighted by atomic mass is 15.0. The molecule has 0 radical (unpaired) electrons. The normalized spacial score (nSPS) is 11.1. The van der Waals surface area contributed by atoms with Gasteiger partial charge in [0.2, 0.25) is 5.52 Å². The van der Waals surface area contributed by atoms with E-state index in [2.05, 4.69) is 177 Å². The van der Waals surface area contributed by atoms with E-state index in [-0.39, 0.29) is 0 Å². The largest absolute Gasteiger partial charge is 0.212 e. The fourth-order valence-corrected chi connectivity index (χ4v) is 6.16. The fraction of sp³-hybridized carbons (Fsp3) is 0.132. The Labute approximate surface area is 239 Å². The summed E-state index contributed by atoms with van der Waals surface area (Å²) in [5, 5.41) is 1.33. The zero-order valence-electron chi connectivity index (χ0n) is 23.9. The number of hydrogen-bond donors (Lipinski definition) is 0. The van der Waals surface area contributed by atoms with E-state index in [0.717, 1.165) is 6.54 Å². The maximum absolute atomic E-state index is 2.41. The summed E-state index contributed by atoms with van der Waals surface area (Å²) in [4.78, 5) is 0. The standard InChI is InChI=1S/C24H20B.C14H18N/c1-5-13-21(14-6-1)25(22-15-7-2-8-16-22,23-17-9-3-10-18-23)24-19-11-4-12-20-24;1-4-9-15-12(3)6-8-13-7-5-11(2)10-14(13)15/h1-20H;5-8,10H,4,9H2,1-3H3/q-1;+1. The molecular weight excluding hydrogens is 481 g/mol. The highest BCUT2D eigenvalue weighted by Gasteiger charge is 2.31. The van der Waals surface area contributed by atoms with Crippen LogP contribution in [0.5, 0.6) is 0 Å². The summed E-state index contributed by atoms with van der Waals surface area (Å²) in [5.41, 5.74) is 9.39. The smallest absolute Gasteiger partial charge is 0.196 e. The molecule has 0 N–H and O–H groups in total. The molecule has 1 nitrogen and oxygen atoms in total. The fourth-order valence-electron chi connectivity index (χ4n) is 6.16. The second-order valence-electron chi connectivity index (χ2n) is 10.7. The molecule has 0 fully saturated rings. The van der Waals surface area contributed by atoms with Gasteiger partial charge in [0.15, 0.2) is 5.69 Å². The first kappa shape index (κ1) is 27.2. The van der Waals surface area contributed by atoms with Crippen molar-refractivity contribution in [1.82, 2.24) is 0 Å². The molecule has 0 saturated carbocycles. The van der Waals surface area contributed by atoms with Crippen LogP contribution in [0.15, 0.2) is 152 Å². The van der Waals surface area contributed by atoms with Gasteiger partial charge < -0.3 is 0 Å². The number of pyridine rings is 1. The minimum Gasteiger partial charge on any atom is -0.196 e. The van der Waals surface area contributed by atoms with Crippen LogP contribution in [0, 0.1) is 13.8 Å². The molecule has 0 unspecified atom stereocenters. The van der Waals surface area contributed by atoms with Gasteiger partial charge in [-0.25, -0.2) is 0 Å². The predicted octanol–water partition coefficient (Wildman–Crippen LogP) is 6.22. The summed E-state index contributed by atoms with van der Waals surface area (Å²) >= 11 is 0. The SMILES string of the molecule is CCC[n+]1c(C)ccc2ccc(C)cc21.c1ccc([B-](c2ccccc2)(c2ccccc2)c2ccccc2)cc1. The van der Waals surface area contributed by atoms with Crippen molar-refractivity contribution in [2.75, 3.05) is 0 Å². The number of fused-ring (bicyclic) bond motifs is 1. The Hall–Kier alpha value is -4.43. The van der Waals surface area contributed by atoms with Crippen LogP contribution in [0.25, 0.3) is 10.9 Å². The van der Waals surface area contributed by atoms with Crippen LogP contribution >= 0.6 is 0 Å². The molecule has 2 heteroatoms. The lowest BCUT2D eigenvalue weighted by molar-refractivity contribution is -0.677. The van der Waals surface area contributed by atoms with Crippen LogP contribution in [0.4, 0.5) is 0 Å². The van der Waals surface area contributed by atoms with Gasteiger partial charge in [-0.1, -0.05) is 134 Å². The van der Waals surface area contributed by atoms with E-state index in [0.29, 0.717) is 0 Å². The van der Waals surface area contributed by atoms with Gasteiger partial charge in [-0.05, 0) is 24.6 Å². The van der Waals surface area contributed by atoms with Gasteiger partial charge in [0.25, 0.3) is 0 Å².